The molecule has 1 unspecified atom stereocenters. The molecule has 3 aromatic rings. The van der Waals surface area contributed by atoms with E-state index in [1.807, 2.05) is 51.4 Å². The van der Waals surface area contributed by atoms with Gasteiger partial charge in [0.1, 0.15) is 18.3 Å². The topological polar surface area (TPSA) is 63.0 Å². The summed E-state index contributed by atoms with van der Waals surface area (Å²) >= 11 is 0. The molecular formula is C21H27FN4O. The van der Waals surface area contributed by atoms with Crippen LogP contribution in [-0.4, -0.2) is 32.3 Å². The molecule has 5 nitrogen and oxygen atoms in total. The molecule has 0 saturated heterocycles. The molecule has 0 fully saturated rings. The zero-order valence-corrected chi connectivity index (χ0v) is 16.6. The van der Waals surface area contributed by atoms with E-state index in [1.54, 1.807) is 0 Å². The van der Waals surface area contributed by atoms with Crippen LogP contribution in [0.2, 0.25) is 0 Å². The van der Waals surface area contributed by atoms with Crippen molar-refractivity contribution in [3.63, 3.8) is 0 Å². The van der Waals surface area contributed by atoms with Crippen molar-refractivity contribution in [3.05, 3.63) is 46.4 Å². The van der Waals surface area contributed by atoms with Gasteiger partial charge >= 0.3 is 0 Å². The average molecular weight is 370 g/mol. The summed E-state index contributed by atoms with van der Waals surface area (Å²) in [6.45, 7) is 9.33. The van der Waals surface area contributed by atoms with Gasteiger partial charge in [0.15, 0.2) is 5.65 Å². The molecule has 1 aromatic carbocycles. The Morgan fingerprint density at radius 3 is 2.52 bits per heavy atom. The molecule has 6 heteroatoms. The van der Waals surface area contributed by atoms with Crippen molar-refractivity contribution in [2.75, 3.05) is 11.9 Å². The average Bonchev–Trinajstić information content (AvgIpc) is 2.94. The van der Waals surface area contributed by atoms with E-state index in [1.165, 1.54) is 0 Å². The minimum atomic E-state index is -0.534. The van der Waals surface area contributed by atoms with E-state index in [0.29, 0.717) is 17.2 Å². The Labute approximate surface area is 159 Å². The van der Waals surface area contributed by atoms with Gasteiger partial charge in [-0.2, -0.15) is 0 Å². The summed E-state index contributed by atoms with van der Waals surface area (Å²) in [5.74, 6) is 1.34. The third-order valence-corrected chi connectivity index (χ3v) is 4.91. The summed E-state index contributed by atoms with van der Waals surface area (Å²) in [7, 11) is 0. The van der Waals surface area contributed by atoms with Crippen molar-refractivity contribution in [2.24, 2.45) is 0 Å². The Morgan fingerprint density at radius 1 is 1.15 bits per heavy atom. The first kappa shape index (κ1) is 19.3. The van der Waals surface area contributed by atoms with Crippen LogP contribution in [0.3, 0.4) is 0 Å². The second-order valence-electron chi connectivity index (χ2n) is 7.16. The molecule has 0 saturated carbocycles. The molecule has 0 aliphatic rings. The smallest absolute Gasteiger partial charge is 0.150 e. The van der Waals surface area contributed by atoms with Crippen LogP contribution in [0.1, 0.15) is 41.4 Å². The van der Waals surface area contributed by atoms with Crippen LogP contribution >= 0.6 is 0 Å². The molecule has 0 amide bonds. The lowest BCUT2D eigenvalue weighted by molar-refractivity contribution is 0.271. The normalized spacial score (nSPS) is 12.6. The largest absolute Gasteiger partial charge is 0.394 e. The SMILES string of the molecule is CCC(CO)Nc1nc(C)nc2c1c(C)cn2-c1c(C)cc(C)cc1CF. The van der Waals surface area contributed by atoms with Crippen LogP contribution in [0.15, 0.2) is 18.3 Å². The van der Waals surface area contributed by atoms with E-state index in [9.17, 15) is 9.50 Å². The van der Waals surface area contributed by atoms with Gasteiger partial charge in [-0.05, 0) is 45.2 Å². The molecule has 0 aliphatic heterocycles. The highest BCUT2D eigenvalue weighted by Crippen LogP contribution is 2.32. The molecule has 2 aromatic heterocycles. The van der Waals surface area contributed by atoms with Gasteiger partial charge in [-0.3, -0.25) is 0 Å². The number of benzene rings is 1. The Morgan fingerprint density at radius 2 is 1.89 bits per heavy atom. The highest BCUT2D eigenvalue weighted by molar-refractivity contribution is 5.92. The number of anilines is 1. The number of nitrogens with zero attached hydrogens (tertiary/aromatic N) is 3. The van der Waals surface area contributed by atoms with Gasteiger partial charge < -0.3 is 15.0 Å². The van der Waals surface area contributed by atoms with Crippen LogP contribution in [-0.2, 0) is 6.67 Å². The summed E-state index contributed by atoms with van der Waals surface area (Å²) in [6.07, 6.45) is 2.77. The number of nitrogens with one attached hydrogen (secondary N) is 1. The first-order valence-electron chi connectivity index (χ1n) is 9.29. The Balaban J connectivity index is 2.28. The number of hydrogen-bond acceptors (Lipinski definition) is 4. The van der Waals surface area contributed by atoms with E-state index in [4.69, 9.17) is 0 Å². The number of hydrogen-bond donors (Lipinski definition) is 2. The quantitative estimate of drug-likeness (QED) is 0.679. The molecule has 2 heterocycles. The Bertz CT molecular complexity index is 976. The third kappa shape index (κ3) is 3.54. The van der Waals surface area contributed by atoms with Gasteiger partial charge in [-0.15, -0.1) is 0 Å². The van der Waals surface area contributed by atoms with Crippen LogP contribution < -0.4 is 5.32 Å². The molecule has 0 radical (unpaired) electrons. The van der Waals surface area contributed by atoms with Gasteiger partial charge in [-0.25, -0.2) is 14.4 Å². The molecule has 0 bridgehead atoms. The predicted octanol–water partition coefficient (Wildman–Crippen LogP) is 4.31. The first-order valence-corrected chi connectivity index (χ1v) is 9.29. The van der Waals surface area contributed by atoms with E-state index >= 15 is 0 Å². The maximum absolute atomic E-state index is 13.8. The fourth-order valence-electron chi connectivity index (χ4n) is 3.65. The Kier molecular flexibility index (Phi) is 5.46. The monoisotopic (exact) mass is 370 g/mol. The summed E-state index contributed by atoms with van der Waals surface area (Å²) in [6, 6.07) is 3.87. The van der Waals surface area contributed by atoms with E-state index in [-0.39, 0.29) is 12.6 Å². The molecule has 144 valence electrons. The van der Waals surface area contributed by atoms with E-state index in [2.05, 4.69) is 21.4 Å². The molecule has 1 atom stereocenters. The molecule has 0 spiro atoms. The zero-order valence-electron chi connectivity index (χ0n) is 16.6. The summed E-state index contributed by atoms with van der Waals surface area (Å²) in [4.78, 5) is 9.22. The van der Waals surface area contributed by atoms with Crippen LogP contribution in [0.4, 0.5) is 10.2 Å². The minimum absolute atomic E-state index is 0.0316. The molecule has 0 aliphatic carbocycles. The number of aromatic nitrogens is 3. The predicted molar refractivity (Wildman–Crippen MR) is 107 cm³/mol. The van der Waals surface area contributed by atoms with Crippen molar-refractivity contribution in [1.29, 1.82) is 0 Å². The fraction of sp³-hybridized carbons (Fsp3) is 0.429. The maximum Gasteiger partial charge on any atom is 0.150 e. The van der Waals surface area contributed by atoms with E-state index in [0.717, 1.165) is 39.8 Å². The van der Waals surface area contributed by atoms with Gasteiger partial charge in [-0.1, -0.05) is 24.6 Å². The summed E-state index contributed by atoms with van der Waals surface area (Å²) in [5.41, 5.74) is 5.28. The summed E-state index contributed by atoms with van der Waals surface area (Å²) < 4.78 is 15.7. The lowest BCUT2D eigenvalue weighted by Crippen LogP contribution is -2.23. The van der Waals surface area contributed by atoms with Crippen molar-refractivity contribution < 1.29 is 9.50 Å². The Hall–Kier alpha value is -2.47. The number of alkyl halides is 1. The summed E-state index contributed by atoms with van der Waals surface area (Å²) in [5, 5.41) is 13.8. The van der Waals surface area contributed by atoms with Crippen LogP contribution in [0.25, 0.3) is 16.7 Å². The highest BCUT2D eigenvalue weighted by atomic mass is 19.1. The number of halogens is 1. The van der Waals surface area contributed by atoms with Crippen molar-refractivity contribution in [1.82, 2.24) is 14.5 Å². The van der Waals surface area contributed by atoms with Gasteiger partial charge in [0.2, 0.25) is 0 Å². The molecular weight excluding hydrogens is 343 g/mol. The van der Waals surface area contributed by atoms with Crippen LogP contribution in [0, 0.1) is 27.7 Å². The van der Waals surface area contributed by atoms with Crippen molar-refractivity contribution >= 4 is 16.9 Å². The van der Waals surface area contributed by atoms with Gasteiger partial charge in [0, 0.05) is 11.8 Å². The van der Waals surface area contributed by atoms with Crippen molar-refractivity contribution in [3.8, 4) is 5.69 Å². The number of fused-ring (bicyclic) bond motifs is 1. The molecule has 2 N–H and O–H groups in total. The number of aryl methyl sites for hydroxylation is 4. The first-order chi connectivity index (χ1) is 12.9. The van der Waals surface area contributed by atoms with Gasteiger partial charge in [0.05, 0.1) is 23.7 Å². The minimum Gasteiger partial charge on any atom is -0.394 e. The number of aliphatic hydroxyl groups is 1. The zero-order chi connectivity index (χ0) is 19.7. The number of rotatable bonds is 6. The second-order valence-corrected chi connectivity index (χ2v) is 7.16. The molecule has 27 heavy (non-hydrogen) atoms. The lowest BCUT2D eigenvalue weighted by Gasteiger charge is -2.17. The second kappa shape index (κ2) is 7.64. The maximum atomic E-state index is 13.8. The van der Waals surface area contributed by atoms with E-state index < -0.39 is 6.67 Å². The number of aliphatic hydroxyl groups excluding tert-OH is 1. The van der Waals surface area contributed by atoms with Crippen molar-refractivity contribution in [2.45, 2.75) is 53.8 Å². The standard InChI is InChI=1S/C21H27FN4O/c1-6-17(11-27)25-20-18-14(4)10-26(21(18)24-15(5)23-20)19-13(3)7-12(2)8-16(19)9-22/h7-8,10,17,27H,6,9,11H2,1-5H3,(H,23,24,25). The highest BCUT2D eigenvalue weighted by Gasteiger charge is 2.19. The third-order valence-electron chi connectivity index (χ3n) is 4.91. The molecule has 3 rings (SSSR count). The van der Waals surface area contributed by atoms with Crippen LogP contribution in [0.5, 0.6) is 0 Å². The lowest BCUT2D eigenvalue weighted by atomic mass is 10.0. The van der Waals surface area contributed by atoms with Gasteiger partial charge in [0.25, 0.3) is 0 Å². The fourth-order valence-corrected chi connectivity index (χ4v) is 3.65.